The summed E-state index contributed by atoms with van der Waals surface area (Å²) in [4.78, 5) is 13.8. The van der Waals surface area contributed by atoms with Crippen molar-refractivity contribution in [3.8, 4) is 5.75 Å². The van der Waals surface area contributed by atoms with Crippen molar-refractivity contribution in [2.75, 3.05) is 12.4 Å². The third-order valence-electron chi connectivity index (χ3n) is 3.60. The van der Waals surface area contributed by atoms with Crippen molar-refractivity contribution >= 4 is 11.6 Å². The molecule has 0 spiro atoms. The molecule has 1 unspecified atom stereocenters. The van der Waals surface area contributed by atoms with Gasteiger partial charge in [-0.1, -0.05) is 30.3 Å². The Labute approximate surface area is 130 Å². The topological polar surface area (TPSA) is 41.6 Å². The second-order valence-corrected chi connectivity index (χ2v) is 5.09. The summed E-state index contributed by atoms with van der Waals surface area (Å²) >= 11 is 0. The minimum Gasteiger partial charge on any atom is -0.405 e. The second kappa shape index (κ2) is 5.49. The number of anilines is 1. The van der Waals surface area contributed by atoms with E-state index in [-0.39, 0.29) is 17.2 Å². The van der Waals surface area contributed by atoms with Crippen molar-refractivity contribution in [2.24, 2.45) is 0 Å². The van der Waals surface area contributed by atoms with Crippen LogP contribution in [0.25, 0.3) is 0 Å². The Hall–Kier alpha value is -2.70. The Morgan fingerprint density at radius 3 is 2.48 bits per heavy atom. The van der Waals surface area contributed by atoms with Crippen LogP contribution in [0.1, 0.15) is 22.1 Å². The normalized spacial score (nSPS) is 17.5. The van der Waals surface area contributed by atoms with Crippen LogP contribution in [0, 0.1) is 0 Å². The average Bonchev–Trinajstić information content (AvgIpc) is 2.50. The zero-order valence-electron chi connectivity index (χ0n) is 12.1. The van der Waals surface area contributed by atoms with Crippen LogP contribution in [0.3, 0.4) is 0 Å². The predicted octanol–water partition coefficient (Wildman–Crippen LogP) is 3.78. The van der Waals surface area contributed by atoms with E-state index in [9.17, 15) is 18.0 Å². The maximum Gasteiger partial charge on any atom is 0.573 e. The number of amides is 1. The minimum atomic E-state index is -4.80. The Bertz CT molecular complexity index is 746. The number of fused-ring (bicyclic) bond motifs is 1. The van der Waals surface area contributed by atoms with Gasteiger partial charge in [-0.15, -0.1) is 13.2 Å². The lowest BCUT2D eigenvalue weighted by molar-refractivity contribution is -0.275. The van der Waals surface area contributed by atoms with E-state index in [1.54, 1.807) is 30.3 Å². The molecule has 2 aromatic rings. The van der Waals surface area contributed by atoms with E-state index in [2.05, 4.69) is 10.1 Å². The number of hydrogen-bond acceptors (Lipinski definition) is 3. The van der Waals surface area contributed by atoms with E-state index in [0.717, 1.165) is 0 Å². The van der Waals surface area contributed by atoms with Gasteiger partial charge in [-0.25, -0.2) is 0 Å². The Morgan fingerprint density at radius 2 is 1.74 bits per heavy atom. The first-order chi connectivity index (χ1) is 10.9. The maximum atomic E-state index is 12.6. The van der Waals surface area contributed by atoms with Crippen LogP contribution < -0.4 is 10.1 Å². The third kappa shape index (κ3) is 2.94. The van der Waals surface area contributed by atoms with Crippen LogP contribution in [0.4, 0.5) is 18.9 Å². The molecule has 7 heteroatoms. The molecule has 2 aromatic carbocycles. The minimum absolute atomic E-state index is 0.232. The molecular formula is C16H13F3N2O2. The number of carbonyl (C=O) groups excluding carboxylic acids is 1. The molecule has 0 saturated carbocycles. The number of carbonyl (C=O) groups is 1. The first kappa shape index (κ1) is 15.2. The lowest BCUT2D eigenvalue weighted by atomic mass is 10.0. The number of ether oxygens (including phenoxy) is 1. The predicted molar refractivity (Wildman–Crippen MR) is 78.0 cm³/mol. The first-order valence-corrected chi connectivity index (χ1v) is 6.84. The molecule has 0 aromatic heterocycles. The van der Waals surface area contributed by atoms with Gasteiger partial charge in [0.05, 0.1) is 5.56 Å². The highest BCUT2D eigenvalue weighted by Gasteiger charge is 2.36. The number of nitrogens with one attached hydrogen (secondary N) is 1. The summed E-state index contributed by atoms with van der Waals surface area (Å²) in [7, 11) is 1.53. The van der Waals surface area contributed by atoms with Crippen LogP contribution in [0.2, 0.25) is 0 Å². The summed E-state index contributed by atoms with van der Waals surface area (Å²) in [5.41, 5.74) is 1.28. The molecular weight excluding hydrogens is 309 g/mol. The smallest absolute Gasteiger partial charge is 0.405 e. The fraction of sp³-hybridized carbons (Fsp3) is 0.188. The summed E-state index contributed by atoms with van der Waals surface area (Å²) in [6.45, 7) is 0. The molecule has 0 aliphatic carbocycles. The lowest BCUT2D eigenvalue weighted by Gasteiger charge is -2.36. The summed E-state index contributed by atoms with van der Waals surface area (Å²) < 4.78 is 41.8. The molecule has 23 heavy (non-hydrogen) atoms. The molecule has 3 rings (SSSR count). The van der Waals surface area contributed by atoms with Crippen molar-refractivity contribution in [2.45, 2.75) is 12.5 Å². The fourth-order valence-corrected chi connectivity index (χ4v) is 2.56. The van der Waals surface area contributed by atoms with Gasteiger partial charge in [-0.05, 0) is 18.2 Å². The summed E-state index contributed by atoms with van der Waals surface area (Å²) in [6, 6.07) is 12.6. The van der Waals surface area contributed by atoms with Gasteiger partial charge in [-0.3, -0.25) is 4.79 Å². The number of para-hydroxylation sites is 2. The highest BCUT2D eigenvalue weighted by atomic mass is 19.4. The van der Waals surface area contributed by atoms with Gasteiger partial charge < -0.3 is 15.0 Å². The number of hydrogen-bond donors (Lipinski definition) is 1. The molecule has 0 saturated heterocycles. The van der Waals surface area contributed by atoms with E-state index in [1.807, 2.05) is 0 Å². The lowest BCUT2D eigenvalue weighted by Crippen LogP contribution is -2.40. The number of halogens is 3. The third-order valence-corrected chi connectivity index (χ3v) is 3.60. The van der Waals surface area contributed by atoms with Gasteiger partial charge in [0, 0.05) is 18.3 Å². The van der Waals surface area contributed by atoms with Crippen LogP contribution in [-0.2, 0) is 0 Å². The number of benzene rings is 2. The SMILES string of the molecule is CN1C(=O)c2ccccc2NC1c1ccccc1OC(F)(F)F. The van der Waals surface area contributed by atoms with E-state index in [1.165, 1.54) is 30.1 Å². The van der Waals surface area contributed by atoms with Gasteiger partial charge in [0.25, 0.3) is 5.91 Å². The quantitative estimate of drug-likeness (QED) is 0.915. The molecule has 1 aliphatic rings. The van der Waals surface area contributed by atoms with Gasteiger partial charge in [0.15, 0.2) is 0 Å². The van der Waals surface area contributed by atoms with Gasteiger partial charge >= 0.3 is 6.36 Å². The van der Waals surface area contributed by atoms with Gasteiger partial charge in [-0.2, -0.15) is 0 Å². The summed E-state index contributed by atoms with van der Waals surface area (Å²) in [5, 5.41) is 3.08. The molecule has 1 atom stereocenters. The Morgan fingerprint density at radius 1 is 1.09 bits per heavy atom. The van der Waals surface area contributed by atoms with Crippen LogP contribution in [-0.4, -0.2) is 24.2 Å². The van der Waals surface area contributed by atoms with E-state index >= 15 is 0 Å². The van der Waals surface area contributed by atoms with Crippen molar-refractivity contribution in [1.29, 1.82) is 0 Å². The van der Waals surface area contributed by atoms with Crippen molar-refractivity contribution in [3.63, 3.8) is 0 Å². The molecule has 0 bridgehead atoms. The van der Waals surface area contributed by atoms with Crippen molar-refractivity contribution < 1.29 is 22.7 Å². The van der Waals surface area contributed by atoms with Crippen LogP contribution in [0.5, 0.6) is 5.75 Å². The van der Waals surface area contributed by atoms with Gasteiger partial charge in [0.1, 0.15) is 11.9 Å². The fourth-order valence-electron chi connectivity index (χ4n) is 2.56. The molecule has 0 fully saturated rings. The monoisotopic (exact) mass is 322 g/mol. The largest absolute Gasteiger partial charge is 0.573 e. The molecule has 0 radical (unpaired) electrons. The Kier molecular flexibility index (Phi) is 3.63. The number of alkyl halides is 3. The van der Waals surface area contributed by atoms with Gasteiger partial charge in [0.2, 0.25) is 0 Å². The van der Waals surface area contributed by atoms with Crippen molar-refractivity contribution in [3.05, 3.63) is 59.7 Å². The molecule has 1 heterocycles. The second-order valence-electron chi connectivity index (χ2n) is 5.09. The first-order valence-electron chi connectivity index (χ1n) is 6.84. The summed E-state index contributed by atoms with van der Waals surface area (Å²) in [5.74, 6) is -0.609. The highest BCUT2D eigenvalue weighted by molar-refractivity contribution is 6.01. The molecule has 4 nitrogen and oxygen atoms in total. The summed E-state index contributed by atoms with van der Waals surface area (Å²) in [6.07, 6.45) is -5.55. The molecule has 1 aliphatic heterocycles. The van der Waals surface area contributed by atoms with Crippen molar-refractivity contribution in [1.82, 2.24) is 4.90 Å². The zero-order chi connectivity index (χ0) is 16.6. The molecule has 120 valence electrons. The zero-order valence-corrected chi connectivity index (χ0v) is 12.1. The standard InChI is InChI=1S/C16H13F3N2O2/c1-21-14(20-12-8-4-2-6-10(12)15(21)22)11-7-3-5-9-13(11)23-16(17,18)19/h2-9,14,20H,1H3. The van der Waals surface area contributed by atoms with Crippen LogP contribution in [0.15, 0.2) is 48.5 Å². The molecule has 1 N–H and O–H groups in total. The number of nitrogens with zero attached hydrogens (tertiary/aromatic N) is 1. The highest BCUT2D eigenvalue weighted by Crippen LogP contribution is 2.37. The Balaban J connectivity index is 2.02. The number of rotatable bonds is 2. The van der Waals surface area contributed by atoms with E-state index < -0.39 is 12.5 Å². The van der Waals surface area contributed by atoms with Crippen LogP contribution >= 0.6 is 0 Å². The molecule has 1 amide bonds. The average molecular weight is 322 g/mol. The van der Waals surface area contributed by atoms with E-state index in [4.69, 9.17) is 0 Å². The van der Waals surface area contributed by atoms with E-state index in [0.29, 0.717) is 11.3 Å². The maximum absolute atomic E-state index is 12.6.